The molecular formula is C13H17ClF2N2O. The molecule has 6 heteroatoms. The average Bonchev–Trinajstić information content (AvgIpc) is 2.77. The maximum absolute atomic E-state index is 13.0. The number of hydrogen-bond acceptors (Lipinski definition) is 2. The van der Waals surface area contributed by atoms with E-state index in [0.717, 1.165) is 25.0 Å². The zero-order valence-corrected chi connectivity index (χ0v) is 11.2. The Bertz CT molecular complexity index is 456. The van der Waals surface area contributed by atoms with Gasteiger partial charge in [-0.1, -0.05) is 6.07 Å². The molecule has 0 spiro atoms. The summed E-state index contributed by atoms with van der Waals surface area (Å²) in [5.41, 5.74) is 6.28. The number of nitrogens with one attached hydrogen (secondary N) is 1. The van der Waals surface area contributed by atoms with Gasteiger partial charge in [0.15, 0.2) is 11.6 Å². The highest BCUT2D eigenvalue weighted by Crippen LogP contribution is 2.24. The molecule has 19 heavy (non-hydrogen) atoms. The van der Waals surface area contributed by atoms with Crippen molar-refractivity contribution in [2.24, 2.45) is 11.7 Å². The maximum atomic E-state index is 13.0. The highest BCUT2D eigenvalue weighted by atomic mass is 35.5. The molecule has 1 aliphatic rings. The van der Waals surface area contributed by atoms with Crippen LogP contribution in [0.3, 0.4) is 0 Å². The molecule has 2 atom stereocenters. The highest BCUT2D eigenvalue weighted by Gasteiger charge is 2.27. The van der Waals surface area contributed by atoms with Gasteiger partial charge in [-0.2, -0.15) is 0 Å². The van der Waals surface area contributed by atoms with Gasteiger partial charge in [-0.05, 0) is 37.0 Å². The average molecular weight is 291 g/mol. The van der Waals surface area contributed by atoms with Crippen molar-refractivity contribution in [2.75, 3.05) is 0 Å². The van der Waals surface area contributed by atoms with Crippen LogP contribution in [0.15, 0.2) is 18.2 Å². The predicted molar refractivity (Wildman–Crippen MR) is 70.8 cm³/mol. The number of benzene rings is 1. The third kappa shape index (κ3) is 4.14. The fourth-order valence-electron chi connectivity index (χ4n) is 2.24. The Hall–Kier alpha value is -1.20. The van der Waals surface area contributed by atoms with E-state index < -0.39 is 11.6 Å². The van der Waals surface area contributed by atoms with Gasteiger partial charge in [-0.3, -0.25) is 4.79 Å². The van der Waals surface area contributed by atoms with Gasteiger partial charge in [-0.25, -0.2) is 8.78 Å². The summed E-state index contributed by atoms with van der Waals surface area (Å²) >= 11 is 0. The molecule has 2 rings (SSSR count). The Morgan fingerprint density at radius 2 is 2.05 bits per heavy atom. The molecule has 0 radical (unpaired) electrons. The number of carbonyl (C=O) groups is 1. The second-order valence-corrected chi connectivity index (χ2v) is 4.74. The molecule has 106 valence electrons. The van der Waals surface area contributed by atoms with Crippen LogP contribution in [0.2, 0.25) is 0 Å². The van der Waals surface area contributed by atoms with Gasteiger partial charge in [0, 0.05) is 18.5 Å². The first-order chi connectivity index (χ1) is 8.56. The third-order valence-corrected chi connectivity index (χ3v) is 3.29. The van der Waals surface area contributed by atoms with Crippen molar-refractivity contribution in [1.29, 1.82) is 0 Å². The van der Waals surface area contributed by atoms with E-state index in [1.54, 1.807) is 0 Å². The Balaban J connectivity index is 0.00000180. The van der Waals surface area contributed by atoms with E-state index in [2.05, 4.69) is 5.32 Å². The first kappa shape index (κ1) is 15.9. The number of amides is 1. The van der Waals surface area contributed by atoms with E-state index in [9.17, 15) is 13.6 Å². The number of rotatable bonds is 3. The number of carbonyl (C=O) groups excluding carboxylic acids is 1. The molecule has 1 fully saturated rings. The van der Waals surface area contributed by atoms with Gasteiger partial charge in [0.25, 0.3) is 0 Å². The van der Waals surface area contributed by atoms with Gasteiger partial charge in [0.2, 0.25) is 5.91 Å². The van der Waals surface area contributed by atoms with E-state index in [1.165, 1.54) is 6.07 Å². The van der Waals surface area contributed by atoms with Crippen molar-refractivity contribution in [3.05, 3.63) is 35.4 Å². The van der Waals surface area contributed by atoms with Crippen LogP contribution in [0.4, 0.5) is 8.78 Å². The largest absolute Gasteiger partial charge is 0.352 e. The second-order valence-electron chi connectivity index (χ2n) is 4.74. The third-order valence-electron chi connectivity index (χ3n) is 3.29. The van der Waals surface area contributed by atoms with Gasteiger partial charge < -0.3 is 11.1 Å². The lowest BCUT2D eigenvalue weighted by Gasteiger charge is -2.10. The van der Waals surface area contributed by atoms with Crippen LogP contribution in [0.5, 0.6) is 0 Å². The van der Waals surface area contributed by atoms with Gasteiger partial charge >= 0.3 is 0 Å². The molecule has 1 aromatic carbocycles. The molecule has 1 aliphatic carbocycles. The lowest BCUT2D eigenvalue weighted by Crippen LogP contribution is -2.30. The Kier molecular flexibility index (Phi) is 5.69. The van der Waals surface area contributed by atoms with Gasteiger partial charge in [-0.15, -0.1) is 12.4 Å². The minimum Gasteiger partial charge on any atom is -0.352 e. The van der Waals surface area contributed by atoms with E-state index in [-0.39, 0.29) is 36.8 Å². The summed E-state index contributed by atoms with van der Waals surface area (Å²) < 4.78 is 25.7. The van der Waals surface area contributed by atoms with Crippen LogP contribution >= 0.6 is 12.4 Å². The highest BCUT2D eigenvalue weighted by molar-refractivity contribution is 5.85. The van der Waals surface area contributed by atoms with E-state index >= 15 is 0 Å². The van der Waals surface area contributed by atoms with Crippen LogP contribution in [-0.2, 0) is 11.3 Å². The summed E-state index contributed by atoms with van der Waals surface area (Å²) in [4.78, 5) is 11.8. The van der Waals surface area contributed by atoms with Gasteiger partial charge in [0.1, 0.15) is 0 Å². The van der Waals surface area contributed by atoms with Crippen LogP contribution in [0, 0.1) is 17.6 Å². The van der Waals surface area contributed by atoms with E-state index in [4.69, 9.17) is 5.73 Å². The minimum absolute atomic E-state index is 0. The molecule has 1 amide bonds. The molecule has 0 saturated heterocycles. The lowest BCUT2D eigenvalue weighted by molar-refractivity contribution is -0.125. The molecule has 0 bridgehead atoms. The molecule has 3 N–H and O–H groups in total. The first-order valence-corrected chi connectivity index (χ1v) is 6.03. The number of halogens is 3. The molecule has 1 aromatic rings. The smallest absolute Gasteiger partial charge is 0.223 e. The van der Waals surface area contributed by atoms with Crippen molar-refractivity contribution in [3.63, 3.8) is 0 Å². The summed E-state index contributed by atoms with van der Waals surface area (Å²) in [6.07, 6.45) is 2.36. The molecule has 3 nitrogen and oxygen atoms in total. The number of nitrogens with two attached hydrogens (primary N) is 1. The van der Waals surface area contributed by atoms with Crippen LogP contribution in [0.25, 0.3) is 0 Å². The summed E-state index contributed by atoms with van der Waals surface area (Å²) in [5.74, 6) is -1.89. The summed E-state index contributed by atoms with van der Waals surface area (Å²) in [5, 5.41) is 2.72. The molecule has 0 aliphatic heterocycles. The fourth-order valence-corrected chi connectivity index (χ4v) is 2.24. The van der Waals surface area contributed by atoms with Crippen molar-refractivity contribution < 1.29 is 13.6 Å². The van der Waals surface area contributed by atoms with Crippen LogP contribution < -0.4 is 11.1 Å². The Labute approximate surface area is 117 Å². The quantitative estimate of drug-likeness (QED) is 0.896. The van der Waals surface area contributed by atoms with E-state index in [1.807, 2.05) is 0 Å². The standard InChI is InChI=1S/C13H16F2N2O.ClH/c14-11-4-1-8(5-12(11)15)7-17-13(18)9-2-3-10(16)6-9;/h1,4-5,9-10H,2-3,6-7,16H2,(H,17,18);1H. The van der Waals surface area contributed by atoms with Gasteiger partial charge in [0.05, 0.1) is 0 Å². The molecule has 1 saturated carbocycles. The molecule has 0 aromatic heterocycles. The lowest BCUT2D eigenvalue weighted by atomic mass is 10.1. The fraction of sp³-hybridized carbons (Fsp3) is 0.462. The summed E-state index contributed by atoms with van der Waals surface area (Å²) in [7, 11) is 0. The molecule has 2 unspecified atom stereocenters. The zero-order chi connectivity index (χ0) is 13.1. The van der Waals surface area contributed by atoms with Crippen LogP contribution in [0.1, 0.15) is 24.8 Å². The van der Waals surface area contributed by atoms with E-state index in [0.29, 0.717) is 12.0 Å². The first-order valence-electron chi connectivity index (χ1n) is 6.03. The summed E-state index contributed by atoms with van der Waals surface area (Å²) in [6.45, 7) is 0.210. The Morgan fingerprint density at radius 1 is 1.32 bits per heavy atom. The Morgan fingerprint density at radius 3 is 2.63 bits per heavy atom. The molecular weight excluding hydrogens is 274 g/mol. The number of hydrogen-bond donors (Lipinski definition) is 2. The van der Waals surface area contributed by atoms with Crippen molar-refractivity contribution in [1.82, 2.24) is 5.32 Å². The maximum Gasteiger partial charge on any atom is 0.223 e. The monoisotopic (exact) mass is 290 g/mol. The summed E-state index contributed by atoms with van der Waals surface area (Å²) in [6, 6.07) is 3.71. The van der Waals surface area contributed by atoms with Crippen molar-refractivity contribution in [2.45, 2.75) is 31.8 Å². The zero-order valence-electron chi connectivity index (χ0n) is 10.4. The second kappa shape index (κ2) is 6.82. The minimum atomic E-state index is -0.898. The van der Waals surface area contributed by atoms with Crippen LogP contribution in [-0.4, -0.2) is 11.9 Å². The topological polar surface area (TPSA) is 55.1 Å². The van der Waals surface area contributed by atoms with Crippen molar-refractivity contribution in [3.8, 4) is 0 Å². The normalized spacial score (nSPS) is 21.8. The predicted octanol–water partition coefficient (Wildman–Crippen LogP) is 2.13. The SMILES string of the molecule is Cl.NC1CCC(C(=O)NCc2ccc(F)c(F)c2)C1. The molecule has 0 heterocycles. The van der Waals surface area contributed by atoms with Crippen molar-refractivity contribution >= 4 is 18.3 Å².